The number of nitrogens with one attached hydrogen (secondary N) is 1. The fourth-order valence-electron chi connectivity index (χ4n) is 2.88. The van der Waals surface area contributed by atoms with Gasteiger partial charge in [0, 0.05) is 12.0 Å². The topological polar surface area (TPSA) is 152 Å². The van der Waals surface area contributed by atoms with Crippen LogP contribution in [-0.4, -0.2) is 61.8 Å². The van der Waals surface area contributed by atoms with Crippen molar-refractivity contribution in [2.45, 2.75) is 24.9 Å². The van der Waals surface area contributed by atoms with Crippen molar-refractivity contribution in [2.24, 2.45) is 10.7 Å². The first-order chi connectivity index (χ1) is 13.9. The molecule has 0 aliphatic carbocycles. The van der Waals surface area contributed by atoms with Gasteiger partial charge >= 0.3 is 0 Å². The number of aliphatic imine (C=N–C) groups is 1. The summed E-state index contributed by atoms with van der Waals surface area (Å²) in [6.45, 7) is -0.350. The number of carbonyl (C=O) groups is 2. The van der Waals surface area contributed by atoms with E-state index in [4.69, 9.17) is 10.5 Å². The first-order valence-corrected chi connectivity index (χ1v) is 9.97. The summed E-state index contributed by atoms with van der Waals surface area (Å²) in [6, 6.07) is 8.61. The van der Waals surface area contributed by atoms with Gasteiger partial charge in [-0.1, -0.05) is 30.0 Å². The van der Waals surface area contributed by atoms with Gasteiger partial charge in [-0.05, 0) is 18.4 Å². The minimum atomic E-state index is -0.876. The quantitative estimate of drug-likeness (QED) is 0.310. The third-order valence-corrected chi connectivity index (χ3v) is 4.93. The number of ether oxygens (including phenoxy) is 1. The second kappa shape index (κ2) is 9.18. The zero-order valence-corrected chi connectivity index (χ0v) is 16.4. The van der Waals surface area contributed by atoms with Crippen LogP contribution in [0.5, 0.6) is 0 Å². The van der Waals surface area contributed by atoms with Gasteiger partial charge in [0.25, 0.3) is 11.8 Å². The molecule has 1 aliphatic rings. The lowest BCUT2D eigenvalue weighted by molar-refractivity contribution is -0.0438. The van der Waals surface area contributed by atoms with Crippen molar-refractivity contribution in [3.63, 3.8) is 0 Å². The number of rotatable bonds is 5. The third-order valence-electron chi connectivity index (χ3n) is 4.35. The number of amides is 2. The van der Waals surface area contributed by atoms with Gasteiger partial charge < -0.3 is 26.0 Å². The van der Waals surface area contributed by atoms with Crippen LogP contribution in [0.3, 0.4) is 0 Å². The van der Waals surface area contributed by atoms with Crippen molar-refractivity contribution in [2.75, 3.05) is 12.9 Å². The van der Waals surface area contributed by atoms with Gasteiger partial charge in [0.1, 0.15) is 12.3 Å². The molecule has 1 fully saturated rings. The van der Waals surface area contributed by atoms with Crippen LogP contribution in [0.4, 0.5) is 5.82 Å². The normalized spacial score (nSPS) is 21.9. The lowest BCUT2D eigenvalue weighted by Crippen LogP contribution is -2.28. The lowest BCUT2D eigenvalue weighted by atomic mass is 10.2. The Balaban J connectivity index is 1.92. The first-order valence-electron chi connectivity index (χ1n) is 8.74. The Morgan fingerprint density at radius 1 is 1.41 bits per heavy atom. The molecule has 1 aromatic heterocycles. The summed E-state index contributed by atoms with van der Waals surface area (Å²) in [5.74, 6) is -1.07. The van der Waals surface area contributed by atoms with Gasteiger partial charge in [0.15, 0.2) is 16.7 Å². The molecule has 1 aliphatic heterocycles. The number of nitrogens with zero attached hydrogens (tertiary/aromatic N) is 3. The van der Waals surface area contributed by atoms with E-state index in [9.17, 15) is 19.8 Å². The molecule has 3 rings (SSSR count). The molecule has 0 saturated carbocycles. The Kier molecular flexibility index (Phi) is 6.64. The molecule has 0 bridgehead atoms. The molecule has 1 aromatic carbocycles. The maximum Gasteiger partial charge on any atom is 0.271 e. The number of nitrogens with two attached hydrogens (primary N) is 1. The van der Waals surface area contributed by atoms with E-state index < -0.39 is 24.3 Å². The van der Waals surface area contributed by atoms with Gasteiger partial charge in [-0.15, -0.1) is 0 Å². The van der Waals surface area contributed by atoms with Gasteiger partial charge in [-0.2, -0.15) is 0 Å². The van der Waals surface area contributed by atoms with E-state index in [-0.39, 0.29) is 35.6 Å². The molecule has 10 nitrogen and oxygen atoms in total. The first kappa shape index (κ1) is 21.0. The van der Waals surface area contributed by atoms with E-state index in [1.165, 1.54) is 10.9 Å². The van der Waals surface area contributed by atoms with E-state index in [0.717, 1.165) is 11.8 Å². The SMILES string of the molecule is CS/C(=N\c1c(C([15NH2])=O)ncn1[C@H]1C[C@H](O)[C@@H](CO)O1)NC(=O)c1ccccc1. The Labute approximate surface area is 170 Å². The summed E-state index contributed by atoms with van der Waals surface area (Å²) in [4.78, 5) is 32.6. The van der Waals surface area contributed by atoms with Crippen LogP contribution in [0.25, 0.3) is 0 Å². The number of hydrogen-bond donors (Lipinski definition) is 4. The minimum Gasteiger partial charge on any atom is -0.394 e. The fourth-order valence-corrected chi connectivity index (χ4v) is 3.25. The molecule has 0 unspecified atom stereocenters. The number of primary amides is 1. The number of benzene rings is 1. The number of aliphatic hydroxyl groups is 2. The summed E-state index contributed by atoms with van der Waals surface area (Å²) in [5, 5.41) is 22.2. The number of aromatic nitrogens is 2. The summed E-state index contributed by atoms with van der Waals surface area (Å²) in [7, 11) is 0. The van der Waals surface area contributed by atoms with Crippen LogP contribution in [0.1, 0.15) is 33.5 Å². The van der Waals surface area contributed by atoms with E-state index in [0.29, 0.717) is 5.56 Å². The molecule has 11 heteroatoms. The highest BCUT2D eigenvalue weighted by molar-refractivity contribution is 8.13. The van der Waals surface area contributed by atoms with Gasteiger partial charge in [0.05, 0.1) is 19.0 Å². The van der Waals surface area contributed by atoms with Crippen molar-refractivity contribution < 1.29 is 24.5 Å². The van der Waals surface area contributed by atoms with Crippen LogP contribution in [0, 0.1) is 0 Å². The fraction of sp³-hybridized carbons (Fsp3) is 0.333. The Morgan fingerprint density at radius 3 is 2.72 bits per heavy atom. The molecule has 2 heterocycles. The average Bonchev–Trinajstić information content (AvgIpc) is 3.30. The van der Waals surface area contributed by atoms with Gasteiger partial charge in [-0.25, -0.2) is 9.98 Å². The second-order valence-electron chi connectivity index (χ2n) is 6.24. The summed E-state index contributed by atoms with van der Waals surface area (Å²) >= 11 is 1.16. The van der Waals surface area contributed by atoms with Gasteiger partial charge in [-0.3, -0.25) is 14.2 Å². The standard InChI is InChI=1S/C18H21N5O5S/c1-29-18(22-17(27)10-5-3-2-4-6-10)21-16-14(15(19)26)20-9-23(16)13-7-11(25)12(8-24)28-13/h2-6,9,11-13,24-25H,7-8H2,1H3,(H2,19,26)(H,21,22,27)/t11-,12+,13+/m0/s1/i19+1. The van der Waals surface area contributed by atoms with Crippen molar-refractivity contribution in [3.8, 4) is 0 Å². The molecule has 29 heavy (non-hydrogen) atoms. The summed E-state index contributed by atoms with van der Waals surface area (Å²) < 4.78 is 7.06. The number of aliphatic hydroxyl groups excluding tert-OH is 2. The van der Waals surface area contributed by atoms with E-state index in [1.807, 2.05) is 0 Å². The van der Waals surface area contributed by atoms with Crippen LogP contribution in [-0.2, 0) is 4.74 Å². The smallest absolute Gasteiger partial charge is 0.271 e. The maximum absolute atomic E-state index is 12.4. The van der Waals surface area contributed by atoms with E-state index in [2.05, 4.69) is 15.3 Å². The predicted octanol–water partition coefficient (Wildman–Crippen LogP) is 0.403. The zero-order valence-electron chi connectivity index (χ0n) is 15.6. The molecule has 1 saturated heterocycles. The Bertz CT molecular complexity index is 917. The predicted molar refractivity (Wildman–Crippen MR) is 107 cm³/mol. The molecule has 0 radical (unpaired) electrons. The second-order valence-corrected chi connectivity index (χ2v) is 7.04. The Morgan fingerprint density at radius 2 is 2.14 bits per heavy atom. The van der Waals surface area contributed by atoms with Crippen molar-refractivity contribution in [1.29, 1.82) is 0 Å². The van der Waals surface area contributed by atoms with Crippen LogP contribution in [0.2, 0.25) is 0 Å². The van der Waals surface area contributed by atoms with Gasteiger partial charge in [0.2, 0.25) is 0 Å². The lowest BCUT2D eigenvalue weighted by Gasteiger charge is -2.15. The minimum absolute atomic E-state index is 0.0889. The molecular weight excluding hydrogens is 399 g/mol. The van der Waals surface area contributed by atoms with Crippen molar-refractivity contribution in [3.05, 3.63) is 47.9 Å². The molecule has 0 spiro atoms. The Hall–Kier alpha value is -2.73. The molecule has 154 valence electrons. The highest BCUT2D eigenvalue weighted by Crippen LogP contribution is 2.33. The maximum atomic E-state index is 12.4. The molecule has 5 N–H and O–H groups in total. The van der Waals surface area contributed by atoms with Crippen molar-refractivity contribution in [1.82, 2.24) is 14.9 Å². The zero-order chi connectivity index (χ0) is 21.0. The van der Waals surface area contributed by atoms with Crippen LogP contribution >= 0.6 is 11.8 Å². The molecule has 2 amide bonds. The molecular formula is C18H21N5O5S. The highest BCUT2D eigenvalue weighted by Gasteiger charge is 2.36. The van der Waals surface area contributed by atoms with Crippen molar-refractivity contribution >= 4 is 34.6 Å². The highest BCUT2D eigenvalue weighted by atomic mass is 32.2. The van der Waals surface area contributed by atoms with E-state index >= 15 is 0 Å². The number of imidazole rings is 1. The van der Waals surface area contributed by atoms with Crippen LogP contribution < -0.4 is 11.1 Å². The summed E-state index contributed by atoms with van der Waals surface area (Å²) in [6.07, 6.45) is 0.884. The third kappa shape index (κ3) is 4.65. The van der Waals surface area contributed by atoms with Crippen LogP contribution in [0.15, 0.2) is 41.7 Å². The largest absolute Gasteiger partial charge is 0.394 e. The number of hydrogen-bond acceptors (Lipinski definition) is 8. The van der Waals surface area contributed by atoms with E-state index in [1.54, 1.807) is 36.6 Å². The average molecular weight is 420 g/mol. The molecule has 3 atom stereocenters. The number of amidine groups is 1. The monoisotopic (exact) mass is 420 g/mol. The molecule has 2 aromatic rings. The number of thioether (sulfide) groups is 1. The summed E-state index contributed by atoms with van der Waals surface area (Å²) in [5.41, 5.74) is 5.76. The number of carbonyl (C=O) groups excluding carboxylic acids is 2.